The van der Waals surface area contributed by atoms with E-state index in [9.17, 15) is 4.79 Å². The Kier molecular flexibility index (Phi) is 5.03. The minimum Gasteiger partial charge on any atom is -0.361 e. The Labute approximate surface area is 140 Å². The summed E-state index contributed by atoms with van der Waals surface area (Å²) in [5, 5.41) is 6.69. The zero-order chi connectivity index (χ0) is 16.2. The number of benzene rings is 1. The molecule has 1 aliphatic rings. The smallest absolute Gasteiger partial charge is 0.277 e. The van der Waals surface area contributed by atoms with E-state index in [0.29, 0.717) is 11.5 Å². The molecule has 0 saturated carbocycles. The van der Waals surface area contributed by atoms with Crippen LogP contribution >= 0.6 is 11.8 Å². The molecule has 1 N–H and O–H groups in total. The number of aromatic nitrogens is 1. The lowest BCUT2D eigenvalue weighted by molar-refractivity contribution is 0.101. The number of amides is 1. The predicted octanol–water partition coefficient (Wildman–Crippen LogP) is 3.09. The fourth-order valence-electron chi connectivity index (χ4n) is 2.58. The van der Waals surface area contributed by atoms with Gasteiger partial charge in [-0.1, -0.05) is 17.3 Å². The molecular weight excluding hydrogens is 310 g/mol. The van der Waals surface area contributed by atoms with Crippen molar-refractivity contribution in [3.63, 3.8) is 0 Å². The summed E-state index contributed by atoms with van der Waals surface area (Å²) in [6, 6.07) is 7.88. The van der Waals surface area contributed by atoms with Gasteiger partial charge in [0, 0.05) is 42.9 Å². The first-order valence-electron chi connectivity index (χ1n) is 7.76. The zero-order valence-corrected chi connectivity index (χ0v) is 14.3. The number of hydrogen-bond donors (Lipinski definition) is 1. The van der Waals surface area contributed by atoms with Crippen LogP contribution in [0.4, 0.5) is 5.69 Å². The molecule has 1 aromatic heterocycles. The van der Waals surface area contributed by atoms with E-state index in [0.717, 1.165) is 30.9 Å². The fraction of sp³-hybridized carbons (Fsp3) is 0.412. The van der Waals surface area contributed by atoms with Gasteiger partial charge in [-0.05, 0) is 31.0 Å². The van der Waals surface area contributed by atoms with Crippen LogP contribution in [0.1, 0.15) is 27.4 Å². The second-order valence-corrected chi connectivity index (χ2v) is 7.04. The van der Waals surface area contributed by atoms with Gasteiger partial charge in [0.25, 0.3) is 5.91 Å². The highest BCUT2D eigenvalue weighted by Gasteiger charge is 2.14. The molecule has 3 rings (SSSR count). The maximum Gasteiger partial charge on any atom is 0.277 e. The van der Waals surface area contributed by atoms with Crippen molar-refractivity contribution in [3.05, 3.63) is 46.8 Å². The van der Waals surface area contributed by atoms with Crippen LogP contribution in [0.2, 0.25) is 0 Å². The highest BCUT2D eigenvalue weighted by molar-refractivity contribution is 7.99. The topological polar surface area (TPSA) is 58.4 Å². The standard InChI is InChI=1S/C17H21N3O2S/c1-12-3-4-14(11-20-5-7-23-8-6-20)10-15(12)18-17(21)16-9-13(2)22-19-16/h3-4,9-10H,5-8,11H2,1-2H3,(H,18,21). The normalized spacial score (nSPS) is 15.6. The number of nitrogens with one attached hydrogen (secondary N) is 1. The second kappa shape index (κ2) is 7.19. The van der Waals surface area contributed by atoms with Crippen LogP contribution in [0.15, 0.2) is 28.8 Å². The van der Waals surface area contributed by atoms with Crippen molar-refractivity contribution in [2.45, 2.75) is 20.4 Å². The van der Waals surface area contributed by atoms with Gasteiger partial charge in [0.15, 0.2) is 5.69 Å². The molecule has 0 spiro atoms. The monoisotopic (exact) mass is 331 g/mol. The van der Waals surface area contributed by atoms with E-state index in [-0.39, 0.29) is 5.91 Å². The molecule has 1 aliphatic heterocycles. The summed E-state index contributed by atoms with van der Waals surface area (Å²) in [6.45, 7) is 6.93. The third kappa shape index (κ3) is 4.14. The van der Waals surface area contributed by atoms with Crippen LogP contribution in [0.25, 0.3) is 0 Å². The first kappa shape index (κ1) is 16.1. The average Bonchev–Trinajstić information content (AvgIpc) is 2.98. The Morgan fingerprint density at radius 2 is 2.09 bits per heavy atom. The minimum absolute atomic E-state index is 0.239. The molecule has 0 unspecified atom stereocenters. The molecule has 1 saturated heterocycles. The average molecular weight is 331 g/mol. The van der Waals surface area contributed by atoms with E-state index in [1.807, 2.05) is 18.7 Å². The molecule has 1 amide bonds. The highest BCUT2D eigenvalue weighted by Crippen LogP contribution is 2.20. The van der Waals surface area contributed by atoms with Crippen molar-refractivity contribution in [3.8, 4) is 0 Å². The lowest BCUT2D eigenvalue weighted by atomic mass is 10.1. The van der Waals surface area contributed by atoms with E-state index in [1.165, 1.54) is 17.1 Å². The maximum atomic E-state index is 12.2. The predicted molar refractivity (Wildman–Crippen MR) is 93.0 cm³/mol. The summed E-state index contributed by atoms with van der Waals surface area (Å²) in [5.74, 6) is 2.78. The summed E-state index contributed by atoms with van der Waals surface area (Å²) >= 11 is 2.01. The lowest BCUT2D eigenvalue weighted by Crippen LogP contribution is -2.32. The molecule has 6 heteroatoms. The van der Waals surface area contributed by atoms with E-state index < -0.39 is 0 Å². The zero-order valence-electron chi connectivity index (χ0n) is 13.5. The largest absolute Gasteiger partial charge is 0.361 e. The molecular formula is C17H21N3O2S. The highest BCUT2D eigenvalue weighted by atomic mass is 32.2. The van der Waals surface area contributed by atoms with E-state index in [4.69, 9.17) is 4.52 Å². The summed E-state index contributed by atoms with van der Waals surface area (Å²) in [7, 11) is 0. The maximum absolute atomic E-state index is 12.2. The first-order chi connectivity index (χ1) is 11.1. The Morgan fingerprint density at radius 1 is 1.30 bits per heavy atom. The number of aryl methyl sites for hydroxylation is 2. The van der Waals surface area contributed by atoms with Gasteiger partial charge in [-0.2, -0.15) is 11.8 Å². The number of rotatable bonds is 4. The molecule has 23 heavy (non-hydrogen) atoms. The van der Waals surface area contributed by atoms with Crippen molar-refractivity contribution in [1.82, 2.24) is 10.1 Å². The fourth-order valence-corrected chi connectivity index (χ4v) is 3.56. The van der Waals surface area contributed by atoms with E-state index >= 15 is 0 Å². The molecule has 2 heterocycles. The van der Waals surface area contributed by atoms with Crippen LogP contribution < -0.4 is 5.32 Å². The number of carbonyl (C=O) groups is 1. The van der Waals surface area contributed by atoms with Gasteiger partial charge in [0.05, 0.1) is 0 Å². The molecule has 1 fully saturated rings. The third-order valence-corrected chi connectivity index (χ3v) is 4.86. The lowest BCUT2D eigenvalue weighted by Gasteiger charge is -2.26. The Bertz CT molecular complexity index is 693. The van der Waals surface area contributed by atoms with Crippen LogP contribution in [0.5, 0.6) is 0 Å². The number of anilines is 1. The number of carbonyl (C=O) groups excluding carboxylic acids is 1. The Hall–Kier alpha value is -1.79. The van der Waals surface area contributed by atoms with Gasteiger partial charge < -0.3 is 9.84 Å². The van der Waals surface area contributed by atoms with Gasteiger partial charge in [-0.15, -0.1) is 0 Å². The van der Waals surface area contributed by atoms with Gasteiger partial charge in [0.1, 0.15) is 5.76 Å². The van der Waals surface area contributed by atoms with E-state index in [2.05, 4.69) is 33.6 Å². The minimum atomic E-state index is -0.239. The Morgan fingerprint density at radius 3 is 2.78 bits per heavy atom. The third-order valence-electron chi connectivity index (χ3n) is 3.92. The van der Waals surface area contributed by atoms with Gasteiger partial charge >= 0.3 is 0 Å². The number of nitrogens with zero attached hydrogens (tertiary/aromatic N) is 2. The summed E-state index contributed by atoms with van der Waals surface area (Å²) in [4.78, 5) is 14.7. The van der Waals surface area contributed by atoms with Crippen molar-refractivity contribution in [2.24, 2.45) is 0 Å². The van der Waals surface area contributed by atoms with Crippen molar-refractivity contribution >= 4 is 23.4 Å². The first-order valence-corrected chi connectivity index (χ1v) is 8.91. The van der Waals surface area contributed by atoms with Gasteiger partial charge in [0.2, 0.25) is 0 Å². The van der Waals surface area contributed by atoms with Gasteiger partial charge in [-0.3, -0.25) is 9.69 Å². The van der Waals surface area contributed by atoms with Crippen LogP contribution in [0.3, 0.4) is 0 Å². The van der Waals surface area contributed by atoms with E-state index in [1.54, 1.807) is 13.0 Å². The quantitative estimate of drug-likeness (QED) is 0.933. The van der Waals surface area contributed by atoms with Gasteiger partial charge in [-0.25, -0.2) is 0 Å². The van der Waals surface area contributed by atoms with Crippen molar-refractivity contribution in [2.75, 3.05) is 29.9 Å². The van der Waals surface area contributed by atoms with Crippen LogP contribution in [-0.2, 0) is 6.54 Å². The summed E-state index contributed by atoms with van der Waals surface area (Å²) in [6.07, 6.45) is 0. The Balaban J connectivity index is 1.71. The molecule has 5 nitrogen and oxygen atoms in total. The molecule has 0 bridgehead atoms. The molecule has 0 atom stereocenters. The molecule has 2 aromatic rings. The van der Waals surface area contributed by atoms with Crippen LogP contribution in [-0.4, -0.2) is 40.6 Å². The summed E-state index contributed by atoms with van der Waals surface area (Å²) in [5.41, 5.74) is 3.39. The van der Waals surface area contributed by atoms with Crippen molar-refractivity contribution in [1.29, 1.82) is 0 Å². The summed E-state index contributed by atoms with van der Waals surface area (Å²) < 4.78 is 4.96. The van der Waals surface area contributed by atoms with Crippen LogP contribution in [0, 0.1) is 13.8 Å². The SMILES string of the molecule is Cc1cc(C(=O)Nc2cc(CN3CCSCC3)ccc2C)no1. The molecule has 1 aromatic carbocycles. The molecule has 122 valence electrons. The number of hydrogen-bond acceptors (Lipinski definition) is 5. The molecule has 0 aliphatic carbocycles. The molecule has 0 radical (unpaired) electrons. The van der Waals surface area contributed by atoms with Crippen molar-refractivity contribution < 1.29 is 9.32 Å². The second-order valence-electron chi connectivity index (χ2n) is 5.81. The number of thioether (sulfide) groups is 1.